The van der Waals surface area contributed by atoms with Crippen LogP contribution in [0.25, 0.3) is 0 Å². The van der Waals surface area contributed by atoms with Crippen LogP contribution in [-0.4, -0.2) is 66.2 Å². The first-order valence-corrected chi connectivity index (χ1v) is 15.5. The molecule has 1 aliphatic heterocycles. The van der Waals surface area contributed by atoms with Crippen LogP contribution in [0.3, 0.4) is 0 Å². The van der Waals surface area contributed by atoms with Crippen LogP contribution < -0.4 is 26.6 Å². The van der Waals surface area contributed by atoms with Gasteiger partial charge < -0.3 is 31.3 Å². The lowest BCUT2D eigenvalue weighted by Crippen LogP contribution is -2.57. The number of alkyl carbamates (subject to hydrolysis) is 1. The molecule has 0 unspecified atom stereocenters. The first kappa shape index (κ1) is 33.2. The highest BCUT2D eigenvalue weighted by molar-refractivity contribution is 6.38. The fraction of sp³-hybridized carbons (Fsp3) is 0.455. The minimum absolute atomic E-state index is 0.00989. The Balaban J connectivity index is 1.44. The molecular formula is C33H41N5O7. The molecule has 240 valence electrons. The average Bonchev–Trinajstić information content (AvgIpc) is 3.77. The van der Waals surface area contributed by atoms with Crippen LogP contribution in [0.5, 0.6) is 0 Å². The second kappa shape index (κ2) is 16.4. The van der Waals surface area contributed by atoms with Crippen LogP contribution in [-0.2, 0) is 41.7 Å². The second-order valence-electron chi connectivity index (χ2n) is 11.5. The van der Waals surface area contributed by atoms with Crippen LogP contribution in [0, 0.1) is 5.92 Å². The van der Waals surface area contributed by atoms with Gasteiger partial charge in [-0.05, 0) is 43.2 Å². The van der Waals surface area contributed by atoms with E-state index in [4.69, 9.17) is 4.74 Å². The quantitative estimate of drug-likeness (QED) is 0.178. The van der Waals surface area contributed by atoms with Crippen molar-refractivity contribution in [3.8, 4) is 0 Å². The van der Waals surface area contributed by atoms with Crippen molar-refractivity contribution in [2.45, 2.75) is 82.6 Å². The maximum Gasteiger partial charge on any atom is 0.408 e. The first-order valence-electron chi connectivity index (χ1n) is 15.5. The summed E-state index contributed by atoms with van der Waals surface area (Å²) in [5, 5.41) is 13.3. The Morgan fingerprint density at radius 3 is 2.04 bits per heavy atom. The van der Waals surface area contributed by atoms with Crippen LogP contribution in [0.15, 0.2) is 60.7 Å². The molecule has 4 rings (SSSR count). The molecule has 0 aromatic heterocycles. The standard InChI is InChI=1S/C33H41N5O7/c1-2-9-25(30(41)37-26(19-23-16-17-34-29(23)40)28(39)32(43)35-24-14-15-24)36-31(42)27(18-21-10-5-3-6-11-21)38-33(44)45-20-22-12-7-4-8-13-22/h3-8,10-13,23-27H,2,9,14-20H2,1H3,(H,34,40)(H,35,43)(H,36,42)(H,37,41)(H,38,44)/t23-,25-,26-,27+/m0/s1. The molecule has 0 spiro atoms. The molecule has 2 fully saturated rings. The minimum atomic E-state index is -1.24. The van der Waals surface area contributed by atoms with Gasteiger partial charge in [-0.2, -0.15) is 0 Å². The molecule has 0 radical (unpaired) electrons. The maximum absolute atomic E-state index is 13.6. The van der Waals surface area contributed by atoms with Gasteiger partial charge in [-0.3, -0.25) is 24.0 Å². The number of amides is 5. The van der Waals surface area contributed by atoms with Gasteiger partial charge in [-0.25, -0.2) is 4.79 Å². The molecule has 12 nitrogen and oxygen atoms in total. The van der Waals surface area contributed by atoms with Crippen molar-refractivity contribution in [3.63, 3.8) is 0 Å². The van der Waals surface area contributed by atoms with E-state index in [0.29, 0.717) is 19.4 Å². The van der Waals surface area contributed by atoms with Gasteiger partial charge in [-0.1, -0.05) is 74.0 Å². The summed E-state index contributed by atoms with van der Waals surface area (Å²) in [6, 6.07) is 14.7. The second-order valence-corrected chi connectivity index (χ2v) is 11.5. The van der Waals surface area contributed by atoms with Crippen LogP contribution in [0.4, 0.5) is 4.79 Å². The third-order valence-electron chi connectivity index (χ3n) is 7.77. The molecule has 2 aromatic rings. The first-order chi connectivity index (χ1) is 21.7. The SMILES string of the molecule is CCC[C@H](NC(=O)[C@@H](Cc1ccccc1)NC(=O)OCc1ccccc1)C(=O)N[C@@H](C[C@@H]1CCNC1=O)C(=O)C(=O)NC1CC1. The normalized spacial score (nSPS) is 17.6. The number of rotatable bonds is 16. The van der Waals surface area contributed by atoms with Gasteiger partial charge in [0.05, 0.1) is 6.04 Å². The van der Waals surface area contributed by atoms with Crippen molar-refractivity contribution in [3.05, 3.63) is 71.8 Å². The molecule has 4 atom stereocenters. The molecule has 5 amide bonds. The summed E-state index contributed by atoms with van der Waals surface area (Å²) in [5.74, 6) is -3.69. The molecule has 1 aliphatic carbocycles. The van der Waals surface area contributed by atoms with E-state index in [0.717, 1.165) is 24.0 Å². The van der Waals surface area contributed by atoms with Crippen molar-refractivity contribution in [1.82, 2.24) is 26.6 Å². The lowest BCUT2D eigenvalue weighted by molar-refractivity contribution is -0.141. The fourth-order valence-electron chi connectivity index (χ4n) is 5.10. The Labute approximate surface area is 262 Å². The Morgan fingerprint density at radius 1 is 0.822 bits per heavy atom. The molecular weight excluding hydrogens is 578 g/mol. The summed E-state index contributed by atoms with van der Waals surface area (Å²) in [6.45, 7) is 2.29. The topological polar surface area (TPSA) is 172 Å². The molecule has 12 heteroatoms. The average molecular weight is 620 g/mol. The summed E-state index contributed by atoms with van der Waals surface area (Å²) < 4.78 is 5.33. The minimum Gasteiger partial charge on any atom is -0.445 e. The number of carbonyl (C=O) groups is 6. The number of hydrogen-bond donors (Lipinski definition) is 5. The molecule has 1 saturated carbocycles. The molecule has 1 heterocycles. The predicted octanol–water partition coefficient (Wildman–Crippen LogP) is 1.67. The van der Waals surface area contributed by atoms with Gasteiger partial charge in [0.15, 0.2) is 0 Å². The number of ether oxygens (including phenoxy) is 1. The Kier molecular flexibility index (Phi) is 12.1. The lowest BCUT2D eigenvalue weighted by atomic mass is 9.95. The largest absolute Gasteiger partial charge is 0.445 e. The van der Waals surface area contributed by atoms with Crippen molar-refractivity contribution < 1.29 is 33.5 Å². The van der Waals surface area contributed by atoms with E-state index in [-0.39, 0.29) is 37.8 Å². The summed E-state index contributed by atoms with van der Waals surface area (Å²) >= 11 is 0. The Bertz CT molecular complexity index is 1350. The van der Waals surface area contributed by atoms with Gasteiger partial charge in [0, 0.05) is 24.9 Å². The van der Waals surface area contributed by atoms with Crippen molar-refractivity contribution >= 4 is 35.5 Å². The number of benzene rings is 2. The summed E-state index contributed by atoms with van der Waals surface area (Å²) in [4.78, 5) is 77.8. The maximum atomic E-state index is 13.6. The third-order valence-corrected chi connectivity index (χ3v) is 7.77. The Morgan fingerprint density at radius 2 is 1.44 bits per heavy atom. The van der Waals surface area contributed by atoms with Gasteiger partial charge in [0.2, 0.25) is 23.5 Å². The Hall–Kier alpha value is -4.74. The van der Waals surface area contributed by atoms with Crippen molar-refractivity contribution in [1.29, 1.82) is 0 Å². The van der Waals surface area contributed by atoms with E-state index in [9.17, 15) is 28.8 Å². The molecule has 2 aliphatic rings. The van der Waals surface area contributed by atoms with Gasteiger partial charge in [0.1, 0.15) is 18.7 Å². The van der Waals surface area contributed by atoms with Crippen molar-refractivity contribution in [2.75, 3.05) is 6.54 Å². The number of Topliss-reactive ketones (excluding diaryl/α,β-unsaturated/α-hetero) is 1. The van der Waals surface area contributed by atoms with Gasteiger partial charge in [-0.15, -0.1) is 0 Å². The lowest BCUT2D eigenvalue weighted by Gasteiger charge is -2.25. The highest BCUT2D eigenvalue weighted by Gasteiger charge is 2.37. The van der Waals surface area contributed by atoms with E-state index in [1.165, 1.54) is 0 Å². The highest BCUT2D eigenvalue weighted by Crippen LogP contribution is 2.20. The zero-order chi connectivity index (χ0) is 32.2. The van der Waals surface area contributed by atoms with E-state index < -0.39 is 53.6 Å². The number of hydrogen-bond acceptors (Lipinski definition) is 7. The smallest absolute Gasteiger partial charge is 0.408 e. The molecule has 1 saturated heterocycles. The zero-order valence-electron chi connectivity index (χ0n) is 25.4. The predicted molar refractivity (Wildman–Crippen MR) is 164 cm³/mol. The highest BCUT2D eigenvalue weighted by atomic mass is 16.5. The van der Waals surface area contributed by atoms with Crippen LogP contribution in [0.1, 0.15) is 56.6 Å². The van der Waals surface area contributed by atoms with E-state index in [2.05, 4.69) is 26.6 Å². The van der Waals surface area contributed by atoms with Crippen molar-refractivity contribution in [2.24, 2.45) is 5.92 Å². The number of ketones is 1. The zero-order valence-corrected chi connectivity index (χ0v) is 25.4. The third kappa shape index (κ3) is 10.4. The summed E-state index contributed by atoms with van der Waals surface area (Å²) in [7, 11) is 0. The fourth-order valence-corrected chi connectivity index (χ4v) is 5.10. The van der Waals surface area contributed by atoms with E-state index >= 15 is 0 Å². The van der Waals surface area contributed by atoms with Gasteiger partial charge in [0.25, 0.3) is 5.91 Å². The summed E-state index contributed by atoms with van der Waals surface area (Å²) in [6.07, 6.45) is 2.08. The monoisotopic (exact) mass is 619 g/mol. The van der Waals surface area contributed by atoms with Crippen LogP contribution in [0.2, 0.25) is 0 Å². The molecule has 0 bridgehead atoms. The van der Waals surface area contributed by atoms with E-state index in [1.54, 1.807) is 0 Å². The number of nitrogens with one attached hydrogen (secondary N) is 5. The number of carbonyl (C=O) groups excluding carboxylic acids is 6. The van der Waals surface area contributed by atoms with E-state index in [1.807, 2.05) is 67.6 Å². The van der Waals surface area contributed by atoms with Gasteiger partial charge >= 0.3 is 6.09 Å². The van der Waals surface area contributed by atoms with Crippen LogP contribution >= 0.6 is 0 Å². The molecule has 2 aromatic carbocycles. The summed E-state index contributed by atoms with van der Waals surface area (Å²) in [5.41, 5.74) is 1.56. The molecule has 45 heavy (non-hydrogen) atoms. The molecule has 5 N–H and O–H groups in total.